The molecule has 0 spiro atoms. The number of hydrogen-bond donors (Lipinski definition) is 1. The standard InChI is InChI=1S/C16H26N2/c1-4-16(10-5-11-16)13-17-12-14-6-8-15(9-7-14)18(2)3/h6-9,17H,4-5,10-13H2,1-3H3. The van der Waals surface area contributed by atoms with E-state index in [0.717, 1.165) is 6.54 Å². The monoisotopic (exact) mass is 246 g/mol. The number of nitrogens with zero attached hydrogens (tertiary/aromatic N) is 1. The summed E-state index contributed by atoms with van der Waals surface area (Å²) in [5, 5.41) is 3.63. The Kier molecular flexibility index (Phi) is 4.28. The Labute approximate surface area is 111 Å². The SMILES string of the molecule is CCC1(CNCc2ccc(N(C)C)cc2)CCC1. The Morgan fingerprint density at radius 2 is 1.83 bits per heavy atom. The lowest BCUT2D eigenvalue weighted by molar-refractivity contribution is 0.124. The molecule has 100 valence electrons. The van der Waals surface area contributed by atoms with Crippen molar-refractivity contribution >= 4 is 5.69 Å². The number of benzene rings is 1. The molecule has 1 N–H and O–H groups in total. The third-order valence-corrected chi connectivity index (χ3v) is 4.45. The van der Waals surface area contributed by atoms with Gasteiger partial charge in [0.2, 0.25) is 0 Å². The molecule has 0 bridgehead atoms. The van der Waals surface area contributed by atoms with Crippen molar-refractivity contribution in [3.05, 3.63) is 29.8 Å². The topological polar surface area (TPSA) is 15.3 Å². The highest BCUT2D eigenvalue weighted by Crippen LogP contribution is 2.43. The zero-order valence-corrected chi connectivity index (χ0v) is 12.0. The van der Waals surface area contributed by atoms with E-state index in [4.69, 9.17) is 0 Å². The summed E-state index contributed by atoms with van der Waals surface area (Å²) in [6.07, 6.45) is 5.57. The third kappa shape index (κ3) is 3.05. The minimum atomic E-state index is 0.615. The highest BCUT2D eigenvalue weighted by atomic mass is 15.1. The van der Waals surface area contributed by atoms with Crippen molar-refractivity contribution in [1.82, 2.24) is 5.32 Å². The maximum Gasteiger partial charge on any atom is 0.0361 e. The van der Waals surface area contributed by atoms with Crippen LogP contribution in [0.25, 0.3) is 0 Å². The average Bonchev–Trinajstić information content (AvgIpc) is 2.33. The third-order valence-electron chi connectivity index (χ3n) is 4.45. The molecule has 2 heteroatoms. The first-order chi connectivity index (χ1) is 8.65. The Bertz CT molecular complexity index is 358. The molecule has 0 saturated heterocycles. The Balaban J connectivity index is 1.79. The van der Waals surface area contributed by atoms with Gasteiger partial charge in [-0.2, -0.15) is 0 Å². The fraction of sp³-hybridized carbons (Fsp3) is 0.625. The van der Waals surface area contributed by atoms with Gasteiger partial charge in [-0.1, -0.05) is 25.5 Å². The molecule has 0 aromatic heterocycles. The van der Waals surface area contributed by atoms with E-state index in [0.29, 0.717) is 5.41 Å². The van der Waals surface area contributed by atoms with Gasteiger partial charge in [-0.05, 0) is 42.4 Å². The molecule has 0 radical (unpaired) electrons. The van der Waals surface area contributed by atoms with Crippen molar-refractivity contribution < 1.29 is 0 Å². The van der Waals surface area contributed by atoms with E-state index >= 15 is 0 Å². The fourth-order valence-electron chi connectivity index (χ4n) is 2.72. The summed E-state index contributed by atoms with van der Waals surface area (Å²) in [5.41, 5.74) is 3.26. The van der Waals surface area contributed by atoms with Crippen molar-refractivity contribution in [2.45, 2.75) is 39.2 Å². The van der Waals surface area contributed by atoms with Gasteiger partial charge in [0.05, 0.1) is 0 Å². The largest absolute Gasteiger partial charge is 0.378 e. The number of nitrogens with one attached hydrogen (secondary N) is 1. The zero-order chi connectivity index (χ0) is 13.0. The van der Waals surface area contributed by atoms with E-state index in [1.807, 2.05) is 0 Å². The van der Waals surface area contributed by atoms with E-state index in [1.54, 1.807) is 0 Å². The van der Waals surface area contributed by atoms with Gasteiger partial charge < -0.3 is 10.2 Å². The van der Waals surface area contributed by atoms with Crippen LogP contribution in [0.15, 0.2) is 24.3 Å². The number of hydrogen-bond acceptors (Lipinski definition) is 2. The maximum atomic E-state index is 3.63. The molecule has 18 heavy (non-hydrogen) atoms. The minimum absolute atomic E-state index is 0.615. The van der Waals surface area contributed by atoms with Gasteiger partial charge in [-0.15, -0.1) is 0 Å². The van der Waals surface area contributed by atoms with E-state index in [9.17, 15) is 0 Å². The van der Waals surface area contributed by atoms with Crippen LogP contribution in [0.4, 0.5) is 5.69 Å². The summed E-state index contributed by atoms with van der Waals surface area (Å²) < 4.78 is 0. The van der Waals surface area contributed by atoms with E-state index in [2.05, 4.69) is 55.5 Å². The Morgan fingerprint density at radius 3 is 2.28 bits per heavy atom. The van der Waals surface area contributed by atoms with Crippen molar-refractivity contribution in [2.24, 2.45) is 5.41 Å². The molecule has 2 rings (SSSR count). The summed E-state index contributed by atoms with van der Waals surface area (Å²) >= 11 is 0. The van der Waals surface area contributed by atoms with Crippen LogP contribution in [0, 0.1) is 5.41 Å². The second kappa shape index (κ2) is 5.75. The minimum Gasteiger partial charge on any atom is -0.378 e. The van der Waals surface area contributed by atoms with E-state index in [-0.39, 0.29) is 0 Å². The van der Waals surface area contributed by atoms with Gasteiger partial charge in [-0.25, -0.2) is 0 Å². The molecule has 1 fully saturated rings. The Hall–Kier alpha value is -1.02. The van der Waals surface area contributed by atoms with Gasteiger partial charge in [0.1, 0.15) is 0 Å². The molecule has 0 aliphatic heterocycles. The Morgan fingerprint density at radius 1 is 1.17 bits per heavy atom. The molecule has 0 unspecified atom stereocenters. The second-order valence-corrected chi connectivity index (χ2v) is 5.87. The molecular formula is C16H26N2. The van der Waals surface area contributed by atoms with Crippen LogP contribution in [-0.4, -0.2) is 20.6 Å². The van der Waals surface area contributed by atoms with Crippen LogP contribution in [0.1, 0.15) is 38.2 Å². The molecule has 2 nitrogen and oxygen atoms in total. The molecule has 1 aromatic rings. The molecule has 1 aliphatic carbocycles. The van der Waals surface area contributed by atoms with Gasteiger partial charge >= 0.3 is 0 Å². The van der Waals surface area contributed by atoms with Crippen molar-refractivity contribution in [3.8, 4) is 0 Å². The molecular weight excluding hydrogens is 220 g/mol. The predicted molar refractivity (Wildman–Crippen MR) is 79.1 cm³/mol. The van der Waals surface area contributed by atoms with Gasteiger partial charge in [0, 0.05) is 32.9 Å². The van der Waals surface area contributed by atoms with Crippen LogP contribution >= 0.6 is 0 Å². The van der Waals surface area contributed by atoms with Gasteiger partial charge in [0.25, 0.3) is 0 Å². The summed E-state index contributed by atoms with van der Waals surface area (Å²) in [6, 6.07) is 8.83. The molecule has 0 atom stereocenters. The molecule has 0 heterocycles. The highest BCUT2D eigenvalue weighted by Gasteiger charge is 2.34. The molecule has 1 aromatic carbocycles. The molecule has 1 aliphatic rings. The lowest BCUT2D eigenvalue weighted by Gasteiger charge is -2.41. The quantitative estimate of drug-likeness (QED) is 0.827. The highest BCUT2D eigenvalue weighted by molar-refractivity contribution is 5.45. The van der Waals surface area contributed by atoms with Crippen LogP contribution in [0.2, 0.25) is 0 Å². The first-order valence-electron chi connectivity index (χ1n) is 7.12. The van der Waals surface area contributed by atoms with Gasteiger partial charge in [0.15, 0.2) is 0 Å². The lowest BCUT2D eigenvalue weighted by atomic mass is 9.67. The van der Waals surface area contributed by atoms with Gasteiger partial charge in [-0.3, -0.25) is 0 Å². The average molecular weight is 246 g/mol. The first-order valence-corrected chi connectivity index (χ1v) is 7.12. The molecule has 0 amide bonds. The number of anilines is 1. The van der Waals surface area contributed by atoms with Crippen LogP contribution in [-0.2, 0) is 6.54 Å². The summed E-state index contributed by atoms with van der Waals surface area (Å²) in [5.74, 6) is 0. The normalized spacial score (nSPS) is 17.3. The number of rotatable bonds is 6. The summed E-state index contributed by atoms with van der Waals surface area (Å²) in [6.45, 7) is 4.50. The predicted octanol–water partition coefficient (Wildman–Crippen LogP) is 3.42. The summed E-state index contributed by atoms with van der Waals surface area (Å²) in [4.78, 5) is 2.14. The fourth-order valence-corrected chi connectivity index (χ4v) is 2.72. The summed E-state index contributed by atoms with van der Waals surface area (Å²) in [7, 11) is 4.16. The van der Waals surface area contributed by atoms with Crippen molar-refractivity contribution in [1.29, 1.82) is 0 Å². The second-order valence-electron chi connectivity index (χ2n) is 5.87. The smallest absolute Gasteiger partial charge is 0.0361 e. The maximum absolute atomic E-state index is 3.63. The molecule has 1 saturated carbocycles. The lowest BCUT2D eigenvalue weighted by Crippen LogP contribution is -2.39. The van der Waals surface area contributed by atoms with Crippen LogP contribution in [0.5, 0.6) is 0 Å². The zero-order valence-electron chi connectivity index (χ0n) is 12.0. The van der Waals surface area contributed by atoms with Crippen molar-refractivity contribution in [2.75, 3.05) is 25.5 Å². The van der Waals surface area contributed by atoms with E-state index < -0.39 is 0 Å². The van der Waals surface area contributed by atoms with Crippen molar-refractivity contribution in [3.63, 3.8) is 0 Å². The van der Waals surface area contributed by atoms with E-state index in [1.165, 1.54) is 43.5 Å². The van der Waals surface area contributed by atoms with Crippen LogP contribution in [0.3, 0.4) is 0 Å². The van der Waals surface area contributed by atoms with Crippen LogP contribution < -0.4 is 10.2 Å². The first kappa shape index (κ1) is 13.4.